The van der Waals surface area contributed by atoms with Gasteiger partial charge in [0.2, 0.25) is 0 Å². The van der Waals surface area contributed by atoms with E-state index >= 15 is 0 Å². The number of rotatable bonds is 6. The van der Waals surface area contributed by atoms with E-state index in [1.165, 1.54) is 0 Å². The Labute approximate surface area is 146 Å². The largest absolute Gasteiger partial charge is 0.361 e. The van der Waals surface area contributed by atoms with Gasteiger partial charge >= 0.3 is 7.60 Å². The maximum atomic E-state index is 12.9. The molecule has 0 N–H and O–H groups in total. The van der Waals surface area contributed by atoms with E-state index < -0.39 is 7.60 Å². The molecule has 0 atom stereocenters. The van der Waals surface area contributed by atoms with Crippen LogP contribution in [-0.4, -0.2) is 18.2 Å². The molecule has 6 heteroatoms. The number of nitrogens with zero attached hydrogens (tertiary/aromatic N) is 1. The number of aryl methyl sites for hydroxylation is 1. The van der Waals surface area contributed by atoms with Gasteiger partial charge in [0.15, 0.2) is 0 Å². The minimum atomic E-state index is -3.26. The van der Waals surface area contributed by atoms with E-state index in [2.05, 4.69) is 6.07 Å². The molecule has 126 valence electrons. The molecule has 1 heterocycles. The van der Waals surface area contributed by atoms with Crippen molar-refractivity contribution >= 4 is 34.5 Å². The van der Waals surface area contributed by atoms with E-state index in [0.717, 1.165) is 26.4 Å². The van der Waals surface area contributed by atoms with Crippen LogP contribution in [0.1, 0.15) is 19.4 Å². The third-order valence-electron chi connectivity index (χ3n) is 3.65. The lowest BCUT2D eigenvalue weighted by molar-refractivity contribution is 0.230. The maximum Gasteiger partial charge on any atom is 0.361 e. The van der Waals surface area contributed by atoms with Gasteiger partial charge in [-0.1, -0.05) is 18.2 Å². The second-order valence-electron chi connectivity index (χ2n) is 5.32. The molecule has 24 heavy (non-hydrogen) atoms. The lowest BCUT2D eigenvalue weighted by Crippen LogP contribution is -2.11. The fourth-order valence-electron chi connectivity index (χ4n) is 2.57. The highest BCUT2D eigenvalue weighted by atomic mass is 32.1. The zero-order valence-electron chi connectivity index (χ0n) is 14.0. The van der Waals surface area contributed by atoms with Crippen LogP contribution in [0, 0.1) is 6.92 Å². The van der Waals surface area contributed by atoms with Crippen LogP contribution >= 0.6 is 18.9 Å². The van der Waals surface area contributed by atoms with E-state index in [1.54, 1.807) is 11.3 Å². The Morgan fingerprint density at radius 3 is 2.42 bits per heavy atom. The Balaban J connectivity index is 2.01. The monoisotopic (exact) mass is 361 g/mol. The second-order valence-corrected chi connectivity index (χ2v) is 8.38. The molecular formula is C18H20NO3PS. The summed E-state index contributed by atoms with van der Waals surface area (Å²) >= 11 is 1.66. The maximum absolute atomic E-state index is 12.9. The number of aromatic nitrogens is 1. The normalized spacial score (nSPS) is 12.0. The third-order valence-corrected chi connectivity index (χ3v) is 6.83. The van der Waals surface area contributed by atoms with Gasteiger partial charge in [-0.25, -0.2) is 4.98 Å². The average Bonchev–Trinajstić information content (AvgIpc) is 2.99. The Morgan fingerprint density at radius 1 is 1.08 bits per heavy atom. The van der Waals surface area contributed by atoms with Gasteiger partial charge in [-0.15, -0.1) is 11.3 Å². The summed E-state index contributed by atoms with van der Waals surface area (Å²) in [5, 5.41) is 1.55. The molecule has 0 aliphatic rings. The van der Waals surface area contributed by atoms with Gasteiger partial charge in [-0.2, -0.15) is 0 Å². The van der Waals surface area contributed by atoms with Gasteiger partial charge in [0.05, 0.1) is 28.7 Å². The highest BCUT2D eigenvalue weighted by Gasteiger charge is 2.27. The van der Waals surface area contributed by atoms with Crippen LogP contribution in [0.2, 0.25) is 0 Å². The topological polar surface area (TPSA) is 48.4 Å². The summed E-state index contributed by atoms with van der Waals surface area (Å²) in [4.78, 5) is 4.70. The quantitative estimate of drug-likeness (QED) is 0.569. The molecule has 3 aromatic rings. The lowest BCUT2D eigenvalue weighted by Gasteiger charge is -2.18. The van der Waals surface area contributed by atoms with Crippen molar-refractivity contribution in [3.05, 3.63) is 48.0 Å². The molecule has 4 nitrogen and oxygen atoms in total. The first kappa shape index (κ1) is 17.3. The van der Waals surface area contributed by atoms with Crippen LogP contribution < -0.4 is 5.30 Å². The van der Waals surface area contributed by atoms with E-state index in [4.69, 9.17) is 14.0 Å². The Bertz CT molecular complexity index is 863. The second kappa shape index (κ2) is 7.16. The molecule has 0 aliphatic carbocycles. The van der Waals surface area contributed by atoms with Crippen molar-refractivity contribution in [1.29, 1.82) is 0 Å². The summed E-state index contributed by atoms with van der Waals surface area (Å²) < 4.78 is 24.9. The van der Waals surface area contributed by atoms with Gasteiger partial charge in [-0.05, 0) is 50.6 Å². The molecule has 0 unspecified atom stereocenters. The van der Waals surface area contributed by atoms with E-state index in [-0.39, 0.29) is 0 Å². The van der Waals surface area contributed by atoms with Crippen LogP contribution in [0.25, 0.3) is 20.8 Å². The van der Waals surface area contributed by atoms with Crippen molar-refractivity contribution in [2.45, 2.75) is 20.8 Å². The number of hydrogen-bond acceptors (Lipinski definition) is 5. The highest BCUT2D eigenvalue weighted by molar-refractivity contribution is 7.62. The zero-order chi connectivity index (χ0) is 17.2. The van der Waals surface area contributed by atoms with E-state index in [0.29, 0.717) is 18.5 Å². The van der Waals surface area contributed by atoms with Crippen LogP contribution in [0.4, 0.5) is 0 Å². The molecule has 0 spiro atoms. The van der Waals surface area contributed by atoms with Crippen molar-refractivity contribution in [2.75, 3.05) is 13.2 Å². The predicted molar refractivity (Wildman–Crippen MR) is 100 cm³/mol. The summed E-state index contributed by atoms with van der Waals surface area (Å²) in [5.74, 6) is 0. The molecule has 3 rings (SSSR count). The number of para-hydroxylation sites is 1. The number of benzene rings is 2. The van der Waals surface area contributed by atoms with Crippen molar-refractivity contribution < 1.29 is 13.6 Å². The summed E-state index contributed by atoms with van der Waals surface area (Å²) in [7, 11) is -3.26. The summed E-state index contributed by atoms with van der Waals surface area (Å²) in [6, 6.07) is 13.7. The Hall–Kier alpha value is -1.52. The van der Waals surface area contributed by atoms with Crippen LogP contribution in [-0.2, 0) is 13.6 Å². The predicted octanol–water partition coefficient (Wildman–Crippen LogP) is 5.16. The minimum Gasteiger partial charge on any atom is -0.305 e. The van der Waals surface area contributed by atoms with Gasteiger partial charge in [0, 0.05) is 5.56 Å². The molecule has 0 saturated heterocycles. The van der Waals surface area contributed by atoms with Crippen molar-refractivity contribution in [3.63, 3.8) is 0 Å². The molecule has 0 amide bonds. The van der Waals surface area contributed by atoms with Crippen molar-refractivity contribution in [1.82, 2.24) is 4.98 Å². The van der Waals surface area contributed by atoms with E-state index in [9.17, 15) is 4.57 Å². The SMILES string of the molecule is CCOP(=O)(OCC)c1ccc(-c2nc3ccccc3s2)c(C)c1. The molecular weight excluding hydrogens is 341 g/mol. The summed E-state index contributed by atoms with van der Waals surface area (Å²) in [5.41, 5.74) is 3.04. The third kappa shape index (κ3) is 3.31. The molecule has 2 aromatic carbocycles. The fourth-order valence-corrected chi connectivity index (χ4v) is 5.29. The van der Waals surface area contributed by atoms with Crippen molar-refractivity contribution in [3.8, 4) is 10.6 Å². The van der Waals surface area contributed by atoms with E-state index in [1.807, 2.05) is 57.2 Å². The molecule has 0 radical (unpaired) electrons. The molecule has 1 aromatic heterocycles. The smallest absolute Gasteiger partial charge is 0.305 e. The van der Waals surface area contributed by atoms with Gasteiger partial charge in [-0.3, -0.25) is 4.57 Å². The Kier molecular flexibility index (Phi) is 5.16. The number of hydrogen-bond donors (Lipinski definition) is 0. The molecule has 0 aliphatic heterocycles. The molecule has 0 bridgehead atoms. The number of fused-ring (bicyclic) bond motifs is 1. The Morgan fingerprint density at radius 2 is 1.79 bits per heavy atom. The van der Waals surface area contributed by atoms with Crippen molar-refractivity contribution in [2.24, 2.45) is 0 Å². The summed E-state index contributed by atoms with van der Waals surface area (Å²) in [6.07, 6.45) is 0. The first-order valence-electron chi connectivity index (χ1n) is 7.93. The average molecular weight is 361 g/mol. The molecule has 0 fully saturated rings. The van der Waals surface area contributed by atoms with Crippen LogP contribution in [0.15, 0.2) is 42.5 Å². The number of thiazole rings is 1. The highest BCUT2D eigenvalue weighted by Crippen LogP contribution is 2.47. The van der Waals surface area contributed by atoms with Gasteiger partial charge < -0.3 is 9.05 Å². The fraction of sp³-hybridized carbons (Fsp3) is 0.278. The lowest BCUT2D eigenvalue weighted by atomic mass is 10.1. The zero-order valence-corrected chi connectivity index (χ0v) is 15.7. The minimum absolute atomic E-state index is 0.343. The first-order chi connectivity index (χ1) is 11.6. The van der Waals surface area contributed by atoms with Crippen LogP contribution in [0.5, 0.6) is 0 Å². The van der Waals surface area contributed by atoms with Gasteiger partial charge in [0.25, 0.3) is 0 Å². The summed E-state index contributed by atoms with van der Waals surface area (Å²) in [6.45, 7) is 6.31. The van der Waals surface area contributed by atoms with Crippen LogP contribution in [0.3, 0.4) is 0 Å². The molecule has 0 saturated carbocycles. The van der Waals surface area contributed by atoms with Gasteiger partial charge in [0.1, 0.15) is 5.01 Å². The first-order valence-corrected chi connectivity index (χ1v) is 10.3. The standard InChI is InChI=1S/C18H20NO3PS/c1-4-21-23(20,22-5-2)14-10-11-15(13(3)12-14)18-19-16-8-6-7-9-17(16)24-18/h6-12H,4-5H2,1-3H3.